The third-order valence-corrected chi connectivity index (χ3v) is 2.50. The average molecular weight is 208 g/mol. The van der Waals surface area contributed by atoms with Gasteiger partial charge in [0.15, 0.2) is 0 Å². The van der Waals surface area contributed by atoms with Crippen molar-refractivity contribution in [3.8, 4) is 0 Å². The molecule has 1 unspecified atom stereocenters. The highest BCUT2D eigenvalue weighted by Crippen LogP contribution is 2.20. The molecule has 0 spiro atoms. The van der Waals surface area contributed by atoms with Crippen molar-refractivity contribution in [2.75, 3.05) is 0 Å². The summed E-state index contributed by atoms with van der Waals surface area (Å²) in [6.45, 7) is 3.87. The van der Waals surface area contributed by atoms with Crippen molar-refractivity contribution >= 4 is 5.91 Å². The summed E-state index contributed by atoms with van der Waals surface area (Å²) in [6, 6.07) is -0.438. The zero-order chi connectivity index (χ0) is 11.3. The summed E-state index contributed by atoms with van der Waals surface area (Å²) in [6.07, 6.45) is 8.42. The third kappa shape index (κ3) is 3.88. The Morgan fingerprint density at radius 2 is 2.27 bits per heavy atom. The number of amides is 1. The van der Waals surface area contributed by atoms with Gasteiger partial charge in [0.05, 0.1) is 6.04 Å². The standard InChI is InChI=1S/C12H20N2O/c1-3-4-10-5-7-11(8-6-10)14-12(15)9(2)13/h5,7,9H,3-4,6,8,13H2,1-2H3,(H,14,15). The lowest BCUT2D eigenvalue weighted by molar-refractivity contribution is -0.121. The molecule has 0 aromatic heterocycles. The van der Waals surface area contributed by atoms with Crippen molar-refractivity contribution in [1.82, 2.24) is 5.32 Å². The normalized spacial score (nSPS) is 17.8. The zero-order valence-corrected chi connectivity index (χ0v) is 9.55. The number of carbonyl (C=O) groups excluding carboxylic acids is 1. The molecule has 1 aliphatic carbocycles. The van der Waals surface area contributed by atoms with Gasteiger partial charge in [0.25, 0.3) is 0 Å². The van der Waals surface area contributed by atoms with Crippen LogP contribution in [-0.2, 0) is 4.79 Å². The lowest BCUT2D eigenvalue weighted by Gasteiger charge is -2.16. The zero-order valence-electron chi connectivity index (χ0n) is 9.55. The maximum absolute atomic E-state index is 11.3. The van der Waals surface area contributed by atoms with Crippen LogP contribution in [0.25, 0.3) is 0 Å². The maximum atomic E-state index is 11.3. The first-order valence-corrected chi connectivity index (χ1v) is 5.58. The summed E-state index contributed by atoms with van der Waals surface area (Å²) >= 11 is 0. The number of nitrogens with one attached hydrogen (secondary N) is 1. The van der Waals surface area contributed by atoms with Crippen LogP contribution in [0.1, 0.15) is 39.5 Å². The molecule has 1 amide bonds. The van der Waals surface area contributed by atoms with Gasteiger partial charge in [0.1, 0.15) is 0 Å². The van der Waals surface area contributed by atoms with E-state index in [0.29, 0.717) is 0 Å². The van der Waals surface area contributed by atoms with E-state index in [1.807, 2.05) is 6.08 Å². The second-order valence-corrected chi connectivity index (χ2v) is 4.04. The fourth-order valence-corrected chi connectivity index (χ4v) is 1.59. The molecule has 3 nitrogen and oxygen atoms in total. The highest BCUT2D eigenvalue weighted by molar-refractivity contribution is 5.82. The highest BCUT2D eigenvalue weighted by Gasteiger charge is 2.11. The Morgan fingerprint density at radius 3 is 2.73 bits per heavy atom. The molecular formula is C12H20N2O. The van der Waals surface area contributed by atoms with Gasteiger partial charge in [-0.3, -0.25) is 4.79 Å². The Kier molecular flexibility index (Phi) is 4.56. The predicted molar refractivity (Wildman–Crippen MR) is 62.1 cm³/mol. The van der Waals surface area contributed by atoms with Crippen molar-refractivity contribution in [3.05, 3.63) is 23.4 Å². The maximum Gasteiger partial charge on any atom is 0.240 e. The van der Waals surface area contributed by atoms with E-state index < -0.39 is 6.04 Å². The minimum atomic E-state index is -0.438. The van der Waals surface area contributed by atoms with E-state index in [2.05, 4.69) is 18.3 Å². The number of rotatable bonds is 4. The Hall–Kier alpha value is -1.09. The Bertz CT molecular complexity index is 290. The second-order valence-electron chi connectivity index (χ2n) is 4.04. The molecule has 0 saturated heterocycles. The third-order valence-electron chi connectivity index (χ3n) is 2.50. The van der Waals surface area contributed by atoms with Gasteiger partial charge in [-0.1, -0.05) is 25.0 Å². The fraction of sp³-hybridized carbons (Fsp3) is 0.583. The van der Waals surface area contributed by atoms with Gasteiger partial charge in [-0.25, -0.2) is 0 Å². The van der Waals surface area contributed by atoms with Gasteiger partial charge >= 0.3 is 0 Å². The molecule has 1 rings (SSSR count). The van der Waals surface area contributed by atoms with Gasteiger partial charge in [-0.05, 0) is 32.3 Å². The Balaban J connectivity index is 2.49. The lowest BCUT2D eigenvalue weighted by Crippen LogP contribution is -2.37. The van der Waals surface area contributed by atoms with Gasteiger partial charge in [-0.15, -0.1) is 0 Å². The molecule has 84 valence electrons. The van der Waals surface area contributed by atoms with Crippen LogP contribution in [0.3, 0.4) is 0 Å². The first kappa shape index (κ1) is 12.0. The number of hydrogen-bond acceptors (Lipinski definition) is 2. The van der Waals surface area contributed by atoms with E-state index in [-0.39, 0.29) is 5.91 Å². The van der Waals surface area contributed by atoms with Crippen LogP contribution in [-0.4, -0.2) is 11.9 Å². The van der Waals surface area contributed by atoms with E-state index >= 15 is 0 Å². The molecular weight excluding hydrogens is 188 g/mol. The number of hydrogen-bond donors (Lipinski definition) is 2. The van der Waals surface area contributed by atoms with Crippen LogP contribution in [0.4, 0.5) is 0 Å². The number of allylic oxidation sites excluding steroid dienone is 4. The summed E-state index contributed by atoms with van der Waals surface area (Å²) in [5, 5.41) is 2.83. The summed E-state index contributed by atoms with van der Waals surface area (Å²) < 4.78 is 0. The Labute approximate surface area is 91.4 Å². The molecule has 0 heterocycles. The first-order chi connectivity index (χ1) is 7.13. The molecule has 1 aliphatic rings. The Morgan fingerprint density at radius 1 is 1.53 bits per heavy atom. The van der Waals surface area contributed by atoms with Crippen LogP contribution in [0, 0.1) is 0 Å². The van der Waals surface area contributed by atoms with Crippen molar-refractivity contribution in [1.29, 1.82) is 0 Å². The summed E-state index contributed by atoms with van der Waals surface area (Å²) in [5.74, 6) is -0.103. The van der Waals surface area contributed by atoms with Crippen LogP contribution >= 0.6 is 0 Å². The molecule has 3 N–H and O–H groups in total. The molecule has 3 heteroatoms. The molecule has 15 heavy (non-hydrogen) atoms. The SMILES string of the molecule is CCCC1=CC=C(NC(=O)C(C)N)CC1. The summed E-state index contributed by atoms with van der Waals surface area (Å²) in [5.41, 5.74) is 7.93. The second kappa shape index (κ2) is 5.71. The largest absolute Gasteiger partial charge is 0.328 e. The summed E-state index contributed by atoms with van der Waals surface area (Å²) in [4.78, 5) is 11.3. The molecule has 0 aromatic rings. The van der Waals surface area contributed by atoms with Gasteiger partial charge < -0.3 is 11.1 Å². The lowest BCUT2D eigenvalue weighted by atomic mass is 9.99. The average Bonchev–Trinajstić information content (AvgIpc) is 2.21. The monoisotopic (exact) mass is 208 g/mol. The van der Waals surface area contributed by atoms with E-state index in [4.69, 9.17) is 5.73 Å². The molecule has 0 bridgehead atoms. The molecule has 1 atom stereocenters. The smallest absolute Gasteiger partial charge is 0.240 e. The summed E-state index contributed by atoms with van der Waals surface area (Å²) in [7, 11) is 0. The van der Waals surface area contributed by atoms with Gasteiger partial charge in [0, 0.05) is 5.70 Å². The quantitative estimate of drug-likeness (QED) is 0.741. The molecule has 0 radical (unpaired) electrons. The van der Waals surface area contributed by atoms with Crippen LogP contribution in [0.2, 0.25) is 0 Å². The van der Waals surface area contributed by atoms with E-state index in [1.54, 1.807) is 6.92 Å². The molecule has 0 aliphatic heterocycles. The molecule has 0 saturated carbocycles. The minimum Gasteiger partial charge on any atom is -0.328 e. The van der Waals surface area contributed by atoms with Crippen LogP contribution in [0.5, 0.6) is 0 Å². The van der Waals surface area contributed by atoms with Crippen molar-refractivity contribution in [2.45, 2.75) is 45.6 Å². The van der Waals surface area contributed by atoms with Crippen molar-refractivity contribution < 1.29 is 4.79 Å². The van der Waals surface area contributed by atoms with Gasteiger partial charge in [-0.2, -0.15) is 0 Å². The molecule has 0 fully saturated rings. The van der Waals surface area contributed by atoms with E-state index in [9.17, 15) is 4.79 Å². The predicted octanol–water partition coefficient (Wildman–Crippen LogP) is 1.85. The molecule has 0 aromatic carbocycles. The van der Waals surface area contributed by atoms with Gasteiger partial charge in [0.2, 0.25) is 5.91 Å². The van der Waals surface area contributed by atoms with E-state index in [1.165, 1.54) is 12.0 Å². The highest BCUT2D eigenvalue weighted by atomic mass is 16.2. The number of nitrogens with two attached hydrogens (primary N) is 1. The fourth-order valence-electron chi connectivity index (χ4n) is 1.59. The van der Waals surface area contributed by atoms with E-state index in [0.717, 1.165) is 25.0 Å². The number of carbonyl (C=O) groups is 1. The van der Waals surface area contributed by atoms with Crippen LogP contribution in [0.15, 0.2) is 23.4 Å². The topological polar surface area (TPSA) is 55.1 Å². The minimum absolute atomic E-state index is 0.103. The van der Waals surface area contributed by atoms with Crippen molar-refractivity contribution in [2.24, 2.45) is 5.73 Å². The van der Waals surface area contributed by atoms with Crippen LogP contribution < -0.4 is 11.1 Å². The van der Waals surface area contributed by atoms with Crippen molar-refractivity contribution in [3.63, 3.8) is 0 Å². The first-order valence-electron chi connectivity index (χ1n) is 5.58.